The normalized spacial score (nSPS) is 10.2. The molecule has 0 atom stereocenters. The fraction of sp³-hybridized carbons (Fsp3) is 0.125. The van der Waals surface area contributed by atoms with Crippen LogP contribution in [0.4, 0.5) is 14.9 Å². The van der Waals surface area contributed by atoms with Crippen molar-refractivity contribution >= 4 is 29.2 Å². The van der Waals surface area contributed by atoms with Gasteiger partial charge in [-0.1, -0.05) is 23.7 Å². The summed E-state index contributed by atoms with van der Waals surface area (Å²) in [6.07, 6.45) is 0. The summed E-state index contributed by atoms with van der Waals surface area (Å²) >= 11 is 5.97. The average Bonchev–Trinajstić information content (AvgIpc) is 2.49. The molecule has 7 heteroatoms. The number of carbonyl (C=O) groups is 2. The number of nitrogens with two attached hydrogens (primary N) is 1. The molecule has 0 aliphatic heterocycles. The minimum absolute atomic E-state index is 0.0256. The first-order chi connectivity index (χ1) is 10.9. The van der Waals surface area contributed by atoms with Gasteiger partial charge in [0.25, 0.3) is 5.91 Å². The van der Waals surface area contributed by atoms with Gasteiger partial charge in [-0.2, -0.15) is 0 Å². The number of anilines is 1. The molecule has 0 aromatic heterocycles. The summed E-state index contributed by atoms with van der Waals surface area (Å²) < 4.78 is 13.8. The Kier molecular flexibility index (Phi) is 5.18. The second kappa shape index (κ2) is 7.11. The Labute approximate surface area is 137 Å². The Morgan fingerprint density at radius 1 is 1.26 bits per heavy atom. The number of urea groups is 1. The fourth-order valence-electron chi connectivity index (χ4n) is 2.08. The molecule has 2 aromatic rings. The summed E-state index contributed by atoms with van der Waals surface area (Å²) in [7, 11) is 1.54. The Balaban J connectivity index is 2.18. The third kappa shape index (κ3) is 4.20. The van der Waals surface area contributed by atoms with Crippen LogP contribution in [0.3, 0.4) is 0 Å². The molecule has 0 aliphatic carbocycles. The minimum atomic E-state index is -0.721. The highest BCUT2D eigenvalue weighted by molar-refractivity contribution is 6.31. The smallest absolute Gasteiger partial charge is 0.316 e. The quantitative estimate of drug-likeness (QED) is 0.900. The van der Waals surface area contributed by atoms with Crippen molar-refractivity contribution in [3.8, 4) is 0 Å². The molecule has 0 bridgehead atoms. The SMILES string of the molecule is CN(Cc1c(F)cccc1Cl)C(=O)c1cccc(NC(N)=O)c1. The van der Waals surface area contributed by atoms with Crippen LogP contribution in [0.5, 0.6) is 0 Å². The Morgan fingerprint density at radius 3 is 2.61 bits per heavy atom. The summed E-state index contributed by atoms with van der Waals surface area (Å²) in [6.45, 7) is 0.0256. The number of nitrogens with one attached hydrogen (secondary N) is 1. The van der Waals surface area contributed by atoms with Crippen molar-refractivity contribution in [2.45, 2.75) is 6.54 Å². The van der Waals surface area contributed by atoms with Gasteiger partial charge in [-0.05, 0) is 30.3 Å². The minimum Gasteiger partial charge on any atom is -0.351 e. The molecule has 0 fully saturated rings. The molecule has 0 saturated carbocycles. The lowest BCUT2D eigenvalue weighted by Crippen LogP contribution is -2.27. The topological polar surface area (TPSA) is 75.4 Å². The van der Waals surface area contributed by atoms with Gasteiger partial charge in [-0.3, -0.25) is 4.79 Å². The number of benzene rings is 2. The Bertz CT molecular complexity index is 732. The van der Waals surface area contributed by atoms with Crippen molar-refractivity contribution < 1.29 is 14.0 Å². The fourth-order valence-corrected chi connectivity index (χ4v) is 2.31. The van der Waals surface area contributed by atoms with Crippen LogP contribution in [0.15, 0.2) is 42.5 Å². The van der Waals surface area contributed by atoms with E-state index in [1.54, 1.807) is 31.3 Å². The maximum atomic E-state index is 13.8. The molecule has 3 amide bonds. The van der Waals surface area contributed by atoms with Crippen LogP contribution in [0.1, 0.15) is 15.9 Å². The van der Waals surface area contributed by atoms with Crippen LogP contribution in [0.25, 0.3) is 0 Å². The summed E-state index contributed by atoms with van der Waals surface area (Å²) in [4.78, 5) is 24.6. The van der Waals surface area contributed by atoms with E-state index >= 15 is 0 Å². The Morgan fingerprint density at radius 2 is 1.96 bits per heavy atom. The number of amides is 3. The van der Waals surface area contributed by atoms with Crippen LogP contribution in [-0.4, -0.2) is 23.9 Å². The lowest BCUT2D eigenvalue weighted by atomic mass is 10.1. The van der Waals surface area contributed by atoms with Crippen LogP contribution in [0, 0.1) is 5.82 Å². The van der Waals surface area contributed by atoms with Gasteiger partial charge in [0, 0.05) is 35.4 Å². The second-order valence-corrected chi connectivity index (χ2v) is 5.34. The molecule has 3 N–H and O–H groups in total. The zero-order valence-electron chi connectivity index (χ0n) is 12.3. The van der Waals surface area contributed by atoms with E-state index in [0.29, 0.717) is 11.3 Å². The highest BCUT2D eigenvalue weighted by Gasteiger charge is 2.16. The van der Waals surface area contributed by atoms with Crippen LogP contribution in [0.2, 0.25) is 5.02 Å². The number of hydrogen-bond donors (Lipinski definition) is 2. The first-order valence-electron chi connectivity index (χ1n) is 6.73. The lowest BCUT2D eigenvalue weighted by molar-refractivity contribution is 0.0784. The molecule has 23 heavy (non-hydrogen) atoms. The predicted molar refractivity (Wildman–Crippen MR) is 86.9 cm³/mol. The molecule has 2 rings (SSSR count). The monoisotopic (exact) mass is 335 g/mol. The number of halogens is 2. The number of carbonyl (C=O) groups excluding carboxylic acids is 2. The number of hydrogen-bond acceptors (Lipinski definition) is 2. The van der Waals surface area contributed by atoms with E-state index in [-0.39, 0.29) is 23.0 Å². The summed E-state index contributed by atoms with van der Waals surface area (Å²) in [5.74, 6) is -0.807. The maximum Gasteiger partial charge on any atom is 0.316 e. The molecule has 0 saturated heterocycles. The highest BCUT2D eigenvalue weighted by atomic mass is 35.5. The first kappa shape index (κ1) is 16.8. The standard InChI is InChI=1S/C16H15ClFN3O2/c1-21(9-12-13(17)6-3-7-14(12)18)15(22)10-4-2-5-11(8-10)20-16(19)23/h2-8H,9H2,1H3,(H3,19,20,23). The molecule has 0 spiro atoms. The van der Waals surface area contributed by atoms with Crippen molar-refractivity contribution in [1.82, 2.24) is 4.90 Å². The van der Waals surface area contributed by atoms with Crippen molar-refractivity contribution in [3.63, 3.8) is 0 Å². The molecule has 0 radical (unpaired) electrons. The third-order valence-corrected chi connectivity index (χ3v) is 3.53. The number of primary amides is 1. The zero-order chi connectivity index (χ0) is 17.0. The van der Waals surface area contributed by atoms with Gasteiger partial charge in [0.05, 0.1) is 0 Å². The third-order valence-electron chi connectivity index (χ3n) is 3.18. The van der Waals surface area contributed by atoms with Gasteiger partial charge >= 0.3 is 6.03 Å². The lowest BCUT2D eigenvalue weighted by Gasteiger charge is -2.19. The maximum absolute atomic E-state index is 13.8. The molecule has 2 aromatic carbocycles. The van der Waals surface area contributed by atoms with Crippen LogP contribution < -0.4 is 11.1 Å². The zero-order valence-corrected chi connectivity index (χ0v) is 13.1. The van der Waals surface area contributed by atoms with Crippen LogP contribution in [-0.2, 0) is 6.54 Å². The van der Waals surface area contributed by atoms with Gasteiger partial charge in [-0.15, -0.1) is 0 Å². The first-order valence-corrected chi connectivity index (χ1v) is 7.11. The van der Waals surface area contributed by atoms with E-state index in [1.807, 2.05) is 0 Å². The average molecular weight is 336 g/mol. The van der Waals surface area contributed by atoms with Gasteiger partial charge in [0.1, 0.15) is 5.82 Å². The molecule has 0 aliphatic rings. The van der Waals surface area contributed by atoms with Gasteiger partial charge < -0.3 is 16.0 Å². The molecular weight excluding hydrogens is 321 g/mol. The van der Waals surface area contributed by atoms with Crippen molar-refractivity contribution in [2.75, 3.05) is 12.4 Å². The molecular formula is C16H15ClFN3O2. The van der Waals surface area contributed by atoms with Crippen molar-refractivity contribution in [1.29, 1.82) is 0 Å². The van der Waals surface area contributed by atoms with E-state index in [1.165, 1.54) is 23.1 Å². The van der Waals surface area contributed by atoms with E-state index in [0.717, 1.165) is 0 Å². The van der Waals surface area contributed by atoms with Crippen molar-refractivity contribution in [2.24, 2.45) is 5.73 Å². The van der Waals surface area contributed by atoms with Crippen LogP contribution >= 0.6 is 11.6 Å². The summed E-state index contributed by atoms with van der Waals surface area (Å²) in [6, 6.07) is 9.94. The van der Waals surface area contributed by atoms with Gasteiger partial charge in [0.2, 0.25) is 0 Å². The van der Waals surface area contributed by atoms with Crippen molar-refractivity contribution in [3.05, 3.63) is 64.4 Å². The van der Waals surface area contributed by atoms with E-state index in [2.05, 4.69) is 5.32 Å². The van der Waals surface area contributed by atoms with Gasteiger partial charge in [0.15, 0.2) is 0 Å². The predicted octanol–water partition coefficient (Wildman–Crippen LogP) is 3.24. The molecule has 5 nitrogen and oxygen atoms in total. The summed E-state index contributed by atoms with van der Waals surface area (Å²) in [5, 5.41) is 2.65. The molecule has 0 heterocycles. The Hall–Kier alpha value is -2.60. The van der Waals surface area contributed by atoms with E-state index in [9.17, 15) is 14.0 Å². The second-order valence-electron chi connectivity index (χ2n) is 4.93. The number of rotatable bonds is 4. The van der Waals surface area contributed by atoms with Gasteiger partial charge in [-0.25, -0.2) is 9.18 Å². The number of nitrogens with zero attached hydrogens (tertiary/aromatic N) is 1. The van der Waals surface area contributed by atoms with E-state index < -0.39 is 11.8 Å². The van der Waals surface area contributed by atoms with E-state index in [4.69, 9.17) is 17.3 Å². The highest BCUT2D eigenvalue weighted by Crippen LogP contribution is 2.21. The molecule has 120 valence electrons. The molecule has 0 unspecified atom stereocenters. The largest absolute Gasteiger partial charge is 0.351 e. The summed E-state index contributed by atoms with van der Waals surface area (Å²) in [5.41, 5.74) is 6.03.